The van der Waals surface area contributed by atoms with Gasteiger partial charge in [0.1, 0.15) is 0 Å². The Bertz CT molecular complexity index is 426. The number of hydrogen-bond acceptors (Lipinski definition) is 3. The fraction of sp³-hybridized carbons (Fsp3) is 0.533. The molecule has 0 saturated carbocycles. The van der Waals surface area contributed by atoms with Crippen molar-refractivity contribution in [2.75, 3.05) is 12.9 Å². The van der Waals surface area contributed by atoms with Crippen LogP contribution in [0.3, 0.4) is 0 Å². The Morgan fingerprint density at radius 3 is 2.53 bits per heavy atom. The maximum absolute atomic E-state index is 12.4. The molecular weight excluding hydrogens is 258 g/mol. The molecule has 0 aliphatic heterocycles. The van der Waals surface area contributed by atoms with Crippen LogP contribution in [-0.4, -0.2) is 29.9 Å². The molecule has 1 aromatic rings. The van der Waals surface area contributed by atoms with E-state index in [1.54, 1.807) is 11.8 Å². The van der Waals surface area contributed by atoms with Crippen LogP contribution in [0.1, 0.15) is 37.6 Å². The van der Waals surface area contributed by atoms with Crippen LogP contribution < -0.4 is 5.32 Å². The SMILES string of the molecule is CSc1ccccc1C(=O)NC(CCO)C(C)(C)C. The van der Waals surface area contributed by atoms with Gasteiger partial charge in [-0.25, -0.2) is 0 Å². The van der Waals surface area contributed by atoms with E-state index in [0.29, 0.717) is 12.0 Å². The second-order valence-electron chi connectivity index (χ2n) is 5.60. The van der Waals surface area contributed by atoms with E-state index in [1.165, 1.54) is 0 Å². The predicted octanol–water partition coefficient (Wildman–Crippen LogP) is 2.94. The smallest absolute Gasteiger partial charge is 0.252 e. The number of carbonyl (C=O) groups excluding carboxylic acids is 1. The van der Waals surface area contributed by atoms with Crippen molar-refractivity contribution in [3.63, 3.8) is 0 Å². The minimum absolute atomic E-state index is 0.0417. The Labute approximate surface area is 119 Å². The lowest BCUT2D eigenvalue weighted by molar-refractivity contribution is 0.0882. The molecular formula is C15H23NO2S. The minimum Gasteiger partial charge on any atom is -0.396 e. The summed E-state index contributed by atoms with van der Waals surface area (Å²) in [5.74, 6) is -0.0710. The highest BCUT2D eigenvalue weighted by molar-refractivity contribution is 7.98. The van der Waals surface area contributed by atoms with E-state index in [4.69, 9.17) is 5.11 Å². The molecule has 0 saturated heterocycles. The number of rotatable bonds is 5. The molecule has 0 aliphatic rings. The minimum atomic E-state index is -0.0767. The van der Waals surface area contributed by atoms with Crippen LogP contribution in [0.25, 0.3) is 0 Å². The summed E-state index contributed by atoms with van der Waals surface area (Å²) < 4.78 is 0. The Morgan fingerprint density at radius 1 is 1.37 bits per heavy atom. The largest absolute Gasteiger partial charge is 0.396 e. The van der Waals surface area contributed by atoms with Gasteiger partial charge in [-0.1, -0.05) is 32.9 Å². The zero-order chi connectivity index (χ0) is 14.5. The number of carbonyl (C=O) groups is 1. The molecule has 1 atom stereocenters. The van der Waals surface area contributed by atoms with Crippen molar-refractivity contribution in [3.8, 4) is 0 Å². The van der Waals surface area contributed by atoms with Gasteiger partial charge in [0.25, 0.3) is 5.91 Å². The fourth-order valence-corrected chi connectivity index (χ4v) is 2.51. The number of nitrogens with one attached hydrogen (secondary N) is 1. The third kappa shape index (κ3) is 4.55. The zero-order valence-corrected chi connectivity index (χ0v) is 12.9. The number of aliphatic hydroxyl groups is 1. The number of aliphatic hydroxyl groups excluding tert-OH is 1. The molecule has 1 rings (SSSR count). The Kier molecular flexibility index (Phi) is 5.88. The van der Waals surface area contributed by atoms with E-state index in [9.17, 15) is 4.79 Å². The van der Waals surface area contributed by atoms with Gasteiger partial charge in [-0.2, -0.15) is 0 Å². The highest BCUT2D eigenvalue weighted by Crippen LogP contribution is 2.24. The second-order valence-corrected chi connectivity index (χ2v) is 6.45. The summed E-state index contributed by atoms with van der Waals surface area (Å²) in [6, 6.07) is 7.53. The molecule has 1 aromatic carbocycles. The maximum atomic E-state index is 12.4. The number of hydrogen-bond donors (Lipinski definition) is 2. The average Bonchev–Trinajstić information content (AvgIpc) is 2.37. The highest BCUT2D eigenvalue weighted by Gasteiger charge is 2.26. The van der Waals surface area contributed by atoms with Gasteiger partial charge in [0.2, 0.25) is 0 Å². The molecule has 19 heavy (non-hydrogen) atoms. The molecule has 0 fully saturated rings. The topological polar surface area (TPSA) is 49.3 Å². The number of benzene rings is 1. The molecule has 0 aromatic heterocycles. The second kappa shape index (κ2) is 6.96. The van der Waals surface area contributed by atoms with Crippen molar-refractivity contribution in [2.24, 2.45) is 5.41 Å². The monoisotopic (exact) mass is 281 g/mol. The molecule has 0 heterocycles. The van der Waals surface area contributed by atoms with Gasteiger partial charge in [0, 0.05) is 17.5 Å². The van der Waals surface area contributed by atoms with E-state index >= 15 is 0 Å². The third-order valence-electron chi connectivity index (χ3n) is 3.12. The summed E-state index contributed by atoms with van der Waals surface area (Å²) in [7, 11) is 0. The average molecular weight is 281 g/mol. The van der Waals surface area contributed by atoms with Gasteiger partial charge in [-0.15, -0.1) is 11.8 Å². The van der Waals surface area contributed by atoms with Gasteiger partial charge in [-0.3, -0.25) is 4.79 Å². The van der Waals surface area contributed by atoms with E-state index in [0.717, 1.165) is 4.90 Å². The lowest BCUT2D eigenvalue weighted by atomic mass is 9.85. The summed E-state index contributed by atoms with van der Waals surface area (Å²) >= 11 is 1.56. The molecule has 106 valence electrons. The molecule has 0 aliphatic carbocycles. The molecule has 1 amide bonds. The summed E-state index contributed by atoms with van der Waals surface area (Å²) in [5, 5.41) is 12.2. The van der Waals surface area contributed by atoms with Gasteiger partial charge in [0.15, 0.2) is 0 Å². The van der Waals surface area contributed by atoms with Crippen molar-refractivity contribution in [2.45, 2.75) is 38.1 Å². The molecule has 1 unspecified atom stereocenters. The van der Waals surface area contributed by atoms with Crippen molar-refractivity contribution < 1.29 is 9.90 Å². The summed E-state index contributed by atoms with van der Waals surface area (Å²) in [4.78, 5) is 13.3. The molecule has 0 bridgehead atoms. The summed E-state index contributed by atoms with van der Waals surface area (Å²) in [6.45, 7) is 6.27. The maximum Gasteiger partial charge on any atom is 0.252 e. The first-order chi connectivity index (χ1) is 8.90. The fourth-order valence-electron chi connectivity index (χ4n) is 1.92. The van der Waals surface area contributed by atoms with E-state index < -0.39 is 0 Å². The third-order valence-corrected chi connectivity index (χ3v) is 3.92. The lowest BCUT2D eigenvalue weighted by Gasteiger charge is -2.31. The molecule has 0 radical (unpaired) electrons. The van der Waals surface area contributed by atoms with Crippen LogP contribution in [0.4, 0.5) is 0 Å². The first-order valence-electron chi connectivity index (χ1n) is 6.45. The van der Waals surface area contributed by atoms with Crippen molar-refractivity contribution >= 4 is 17.7 Å². The van der Waals surface area contributed by atoms with E-state index in [2.05, 4.69) is 26.1 Å². The number of thioether (sulfide) groups is 1. The number of amides is 1. The van der Waals surface area contributed by atoms with E-state index in [-0.39, 0.29) is 24.0 Å². The van der Waals surface area contributed by atoms with Crippen LogP contribution in [0.5, 0.6) is 0 Å². The van der Waals surface area contributed by atoms with Crippen LogP contribution in [0.15, 0.2) is 29.2 Å². The van der Waals surface area contributed by atoms with Crippen LogP contribution in [0.2, 0.25) is 0 Å². The van der Waals surface area contributed by atoms with Crippen molar-refractivity contribution in [1.29, 1.82) is 0 Å². The molecule has 4 heteroatoms. The molecule has 2 N–H and O–H groups in total. The first kappa shape index (κ1) is 16.1. The van der Waals surface area contributed by atoms with Gasteiger partial charge < -0.3 is 10.4 Å². The normalized spacial score (nSPS) is 13.1. The first-order valence-corrected chi connectivity index (χ1v) is 7.67. The van der Waals surface area contributed by atoms with Crippen LogP contribution in [-0.2, 0) is 0 Å². The Balaban J connectivity index is 2.88. The standard InChI is InChI=1S/C15H23NO2S/c1-15(2,3)13(9-10-17)16-14(18)11-7-5-6-8-12(11)19-4/h5-8,13,17H,9-10H2,1-4H3,(H,16,18). The quantitative estimate of drug-likeness (QED) is 0.816. The Morgan fingerprint density at radius 2 is 2.00 bits per heavy atom. The highest BCUT2D eigenvalue weighted by atomic mass is 32.2. The lowest BCUT2D eigenvalue weighted by Crippen LogP contribution is -2.44. The van der Waals surface area contributed by atoms with Crippen LogP contribution in [0, 0.1) is 5.41 Å². The molecule has 3 nitrogen and oxygen atoms in total. The molecule has 0 spiro atoms. The summed E-state index contributed by atoms with van der Waals surface area (Å²) in [6.07, 6.45) is 2.53. The van der Waals surface area contributed by atoms with Gasteiger partial charge >= 0.3 is 0 Å². The predicted molar refractivity (Wildman–Crippen MR) is 80.6 cm³/mol. The van der Waals surface area contributed by atoms with Gasteiger partial charge in [-0.05, 0) is 30.2 Å². The Hall–Kier alpha value is -1.00. The summed E-state index contributed by atoms with van der Waals surface area (Å²) in [5.41, 5.74) is 0.620. The zero-order valence-electron chi connectivity index (χ0n) is 12.1. The van der Waals surface area contributed by atoms with E-state index in [1.807, 2.05) is 30.5 Å². The van der Waals surface area contributed by atoms with Crippen LogP contribution >= 0.6 is 11.8 Å². The van der Waals surface area contributed by atoms with Crippen molar-refractivity contribution in [1.82, 2.24) is 5.32 Å². The van der Waals surface area contributed by atoms with Gasteiger partial charge in [0.05, 0.1) is 5.56 Å². The van der Waals surface area contributed by atoms with Crippen molar-refractivity contribution in [3.05, 3.63) is 29.8 Å².